The van der Waals surface area contributed by atoms with Crippen molar-refractivity contribution in [1.29, 1.82) is 0 Å². The van der Waals surface area contributed by atoms with E-state index in [2.05, 4.69) is 4.99 Å². The van der Waals surface area contributed by atoms with Crippen molar-refractivity contribution in [1.82, 2.24) is 4.57 Å². The fraction of sp³-hybridized carbons (Fsp3) is 0.286. The van der Waals surface area contributed by atoms with Crippen molar-refractivity contribution >= 4 is 29.3 Å². The Bertz CT molecular complexity index is 1620. The van der Waals surface area contributed by atoms with E-state index in [1.54, 1.807) is 44.2 Å². The van der Waals surface area contributed by atoms with Crippen LogP contribution in [0.2, 0.25) is 0 Å². The number of esters is 1. The summed E-state index contributed by atoms with van der Waals surface area (Å²) in [6.07, 6.45) is 1.71. The van der Waals surface area contributed by atoms with Gasteiger partial charge in [-0.25, -0.2) is 9.79 Å². The smallest absolute Gasteiger partial charge is 0.338 e. The molecule has 11 heteroatoms. The van der Waals surface area contributed by atoms with Crippen LogP contribution in [-0.4, -0.2) is 43.4 Å². The molecular formula is C28H29N3O7S. The molecule has 1 amide bonds. The van der Waals surface area contributed by atoms with E-state index in [1.165, 1.54) is 23.0 Å². The van der Waals surface area contributed by atoms with Crippen LogP contribution < -0.4 is 34.8 Å². The molecule has 0 radical (unpaired) electrons. The summed E-state index contributed by atoms with van der Waals surface area (Å²) in [5, 5.41) is 0. The van der Waals surface area contributed by atoms with Gasteiger partial charge in [0.25, 0.3) is 11.5 Å². The molecule has 0 unspecified atom stereocenters. The van der Waals surface area contributed by atoms with Gasteiger partial charge in [0.15, 0.2) is 22.9 Å². The van der Waals surface area contributed by atoms with Gasteiger partial charge in [0.2, 0.25) is 0 Å². The summed E-state index contributed by atoms with van der Waals surface area (Å²) in [6.45, 7) is 5.63. The van der Waals surface area contributed by atoms with E-state index < -0.39 is 17.9 Å². The Morgan fingerprint density at radius 1 is 1.08 bits per heavy atom. The molecule has 0 saturated carbocycles. The van der Waals surface area contributed by atoms with Crippen LogP contribution in [0.5, 0.6) is 17.2 Å². The average Bonchev–Trinajstić information content (AvgIpc) is 3.21. The summed E-state index contributed by atoms with van der Waals surface area (Å²) < 4.78 is 23.9. The zero-order chi connectivity index (χ0) is 28.1. The Kier molecular flexibility index (Phi) is 8.50. The molecular weight excluding hydrogens is 522 g/mol. The largest absolute Gasteiger partial charge is 0.494 e. The number of thiazole rings is 1. The molecule has 0 fully saturated rings. The highest BCUT2D eigenvalue weighted by molar-refractivity contribution is 7.07. The van der Waals surface area contributed by atoms with Crippen molar-refractivity contribution in [2.24, 2.45) is 10.7 Å². The number of hydrogen-bond donors (Lipinski definition) is 1. The van der Waals surface area contributed by atoms with Crippen LogP contribution in [0.1, 0.15) is 37.9 Å². The number of fused-ring (bicyclic) bond motifs is 1. The van der Waals surface area contributed by atoms with Crippen LogP contribution in [0, 0.1) is 0 Å². The summed E-state index contributed by atoms with van der Waals surface area (Å²) in [4.78, 5) is 43.1. The highest BCUT2D eigenvalue weighted by Gasteiger charge is 2.35. The second kappa shape index (κ2) is 12.0. The zero-order valence-electron chi connectivity index (χ0n) is 22.1. The maximum absolute atomic E-state index is 13.9. The van der Waals surface area contributed by atoms with Crippen LogP contribution in [0.3, 0.4) is 0 Å². The predicted molar refractivity (Wildman–Crippen MR) is 146 cm³/mol. The molecule has 0 saturated heterocycles. The minimum atomic E-state index is -0.788. The van der Waals surface area contributed by atoms with Crippen LogP contribution in [0.25, 0.3) is 6.08 Å². The molecule has 0 spiro atoms. The maximum Gasteiger partial charge on any atom is 0.338 e. The molecule has 1 atom stereocenters. The quantitative estimate of drug-likeness (QED) is 0.382. The van der Waals surface area contributed by atoms with Crippen molar-refractivity contribution in [3.8, 4) is 17.2 Å². The van der Waals surface area contributed by atoms with E-state index in [-0.39, 0.29) is 24.3 Å². The maximum atomic E-state index is 13.9. The van der Waals surface area contributed by atoms with Crippen molar-refractivity contribution in [3.05, 3.63) is 84.5 Å². The molecule has 2 aromatic carbocycles. The average molecular weight is 552 g/mol. The molecule has 1 aliphatic rings. The number of nitrogens with zero attached hydrogens (tertiary/aromatic N) is 2. The summed E-state index contributed by atoms with van der Waals surface area (Å²) in [6, 6.07) is 11.6. The SMILES string of the molecule is CCOC(=O)C1=C(C)N=c2s/c(=C\c3ccc(OCC(N)=O)c(OC)c3)c(=O)n2[C@H]1c1ccccc1OCC. The molecule has 1 aromatic heterocycles. The number of aromatic nitrogens is 1. The zero-order valence-corrected chi connectivity index (χ0v) is 22.9. The molecule has 0 aliphatic carbocycles. The van der Waals surface area contributed by atoms with Gasteiger partial charge >= 0.3 is 5.97 Å². The fourth-order valence-electron chi connectivity index (χ4n) is 4.27. The van der Waals surface area contributed by atoms with Gasteiger partial charge in [0, 0.05) is 5.56 Å². The Balaban J connectivity index is 1.88. The molecule has 2 N–H and O–H groups in total. The van der Waals surface area contributed by atoms with E-state index in [0.29, 0.717) is 50.0 Å². The summed E-state index contributed by atoms with van der Waals surface area (Å²) in [5.41, 5.74) is 6.91. The number of hydrogen-bond acceptors (Lipinski definition) is 9. The van der Waals surface area contributed by atoms with E-state index in [1.807, 2.05) is 25.1 Å². The number of allylic oxidation sites excluding steroid dienone is 1. The number of para-hydroxylation sites is 1. The topological polar surface area (TPSA) is 131 Å². The van der Waals surface area contributed by atoms with Crippen molar-refractivity contribution in [2.75, 3.05) is 26.9 Å². The van der Waals surface area contributed by atoms with Crippen LogP contribution in [0.4, 0.5) is 0 Å². The molecule has 39 heavy (non-hydrogen) atoms. The lowest BCUT2D eigenvalue weighted by atomic mass is 9.95. The second-order valence-corrected chi connectivity index (χ2v) is 9.45. The number of amides is 1. The lowest BCUT2D eigenvalue weighted by Gasteiger charge is -2.26. The number of nitrogens with two attached hydrogens (primary N) is 1. The third-order valence-electron chi connectivity index (χ3n) is 5.89. The number of carbonyl (C=O) groups is 2. The number of carbonyl (C=O) groups excluding carboxylic acids is 2. The molecule has 2 heterocycles. The lowest BCUT2D eigenvalue weighted by molar-refractivity contribution is -0.139. The molecule has 4 rings (SSSR count). The van der Waals surface area contributed by atoms with Crippen molar-refractivity contribution < 1.29 is 28.5 Å². The van der Waals surface area contributed by atoms with Crippen molar-refractivity contribution in [2.45, 2.75) is 26.8 Å². The van der Waals surface area contributed by atoms with Crippen LogP contribution in [0.15, 0.2) is 63.5 Å². The number of ether oxygens (including phenoxy) is 4. The van der Waals surface area contributed by atoms with Gasteiger partial charge in [0.05, 0.1) is 36.1 Å². The van der Waals surface area contributed by atoms with Gasteiger partial charge in [0.1, 0.15) is 11.8 Å². The van der Waals surface area contributed by atoms with E-state index in [4.69, 9.17) is 24.7 Å². The normalized spacial score (nSPS) is 14.9. The van der Waals surface area contributed by atoms with Gasteiger partial charge in [-0.05, 0) is 50.6 Å². The molecule has 1 aliphatic heterocycles. The molecule has 3 aromatic rings. The molecule has 204 valence electrons. The van der Waals surface area contributed by atoms with Crippen LogP contribution >= 0.6 is 11.3 Å². The Morgan fingerprint density at radius 3 is 2.54 bits per heavy atom. The minimum absolute atomic E-state index is 0.181. The van der Waals surface area contributed by atoms with Gasteiger partial charge < -0.3 is 24.7 Å². The predicted octanol–water partition coefficient (Wildman–Crippen LogP) is 2.07. The first-order chi connectivity index (χ1) is 18.8. The van der Waals surface area contributed by atoms with Gasteiger partial charge in [-0.3, -0.25) is 14.2 Å². The van der Waals surface area contributed by atoms with E-state index >= 15 is 0 Å². The van der Waals surface area contributed by atoms with Crippen molar-refractivity contribution in [3.63, 3.8) is 0 Å². The highest BCUT2D eigenvalue weighted by atomic mass is 32.1. The number of benzene rings is 2. The first-order valence-corrected chi connectivity index (χ1v) is 13.1. The summed E-state index contributed by atoms with van der Waals surface area (Å²) in [7, 11) is 1.47. The van der Waals surface area contributed by atoms with E-state index in [0.717, 1.165) is 0 Å². The Hall–Kier alpha value is -4.38. The second-order valence-electron chi connectivity index (χ2n) is 8.44. The van der Waals surface area contributed by atoms with Gasteiger partial charge in [-0.15, -0.1) is 0 Å². The monoisotopic (exact) mass is 551 g/mol. The first kappa shape index (κ1) is 27.6. The Labute approximate surface area is 228 Å². The molecule has 0 bridgehead atoms. The van der Waals surface area contributed by atoms with Crippen LogP contribution in [-0.2, 0) is 14.3 Å². The number of rotatable bonds is 10. The first-order valence-electron chi connectivity index (χ1n) is 12.3. The lowest BCUT2D eigenvalue weighted by Crippen LogP contribution is -2.40. The number of primary amides is 1. The van der Waals surface area contributed by atoms with E-state index in [9.17, 15) is 14.4 Å². The highest BCUT2D eigenvalue weighted by Crippen LogP contribution is 2.36. The standard InChI is InChI=1S/C28H29N3O7S/c1-5-36-19-10-8-7-9-18(19)25-24(27(34)37-6-2)16(3)30-28-31(25)26(33)22(39-28)14-17-11-12-20(21(13-17)35-4)38-15-23(29)32/h7-14,25H,5-6,15H2,1-4H3,(H2,29,32)/b22-14-/t25-/m0/s1. The Morgan fingerprint density at radius 2 is 1.85 bits per heavy atom. The fourth-order valence-corrected chi connectivity index (χ4v) is 5.32. The van der Waals surface area contributed by atoms with Gasteiger partial charge in [-0.1, -0.05) is 35.6 Å². The third-order valence-corrected chi connectivity index (χ3v) is 6.87. The number of methoxy groups -OCH3 is 1. The summed E-state index contributed by atoms with van der Waals surface area (Å²) in [5.74, 6) is 0.132. The third kappa shape index (κ3) is 5.73. The minimum Gasteiger partial charge on any atom is -0.494 e. The molecule has 10 nitrogen and oxygen atoms in total. The summed E-state index contributed by atoms with van der Waals surface area (Å²) >= 11 is 1.20. The van der Waals surface area contributed by atoms with Gasteiger partial charge in [-0.2, -0.15) is 0 Å².